The molecule has 0 saturated heterocycles. The van der Waals surface area contributed by atoms with Crippen LogP contribution in [-0.2, 0) is 0 Å². The van der Waals surface area contributed by atoms with Gasteiger partial charge in [0.05, 0.1) is 33.6 Å². The maximum Gasteiger partial charge on any atom is 0.160 e. The minimum Gasteiger partial charge on any atom is -0.245 e. The summed E-state index contributed by atoms with van der Waals surface area (Å²) in [6.07, 6.45) is 0. The third-order valence-electron chi connectivity index (χ3n) is 9.83. The van der Waals surface area contributed by atoms with Crippen molar-refractivity contribution in [2.75, 3.05) is 0 Å². The molecule has 10 aromatic rings. The first-order chi connectivity index (χ1) is 25.7. The number of benzene rings is 7. The Labute approximate surface area is 300 Å². The standard InChI is InChI=1S/C48H30N4/c1-4-12-31(13-5-1)42-26-23-33-20-21-34-24-27-43(50-47(34)46(33)49-42)38-28-36-18-10-11-19-39(36)41(29-38)37-22-25-40-44(30-37)51-48(35-16-8-3-9-17-35)52-45(40)32-14-6-2-7-15-32/h1-30H. The van der Waals surface area contributed by atoms with Crippen molar-refractivity contribution in [2.45, 2.75) is 0 Å². The fraction of sp³-hybridized carbons (Fsp3) is 0. The van der Waals surface area contributed by atoms with E-state index in [2.05, 4.69) is 140 Å². The molecule has 7 aromatic carbocycles. The lowest BCUT2D eigenvalue weighted by Gasteiger charge is -2.14. The summed E-state index contributed by atoms with van der Waals surface area (Å²) in [5, 5.41) is 5.47. The second kappa shape index (κ2) is 12.4. The highest BCUT2D eigenvalue weighted by atomic mass is 14.9. The highest BCUT2D eigenvalue weighted by Crippen LogP contribution is 2.38. The third kappa shape index (κ3) is 5.26. The fourth-order valence-corrected chi connectivity index (χ4v) is 7.23. The van der Waals surface area contributed by atoms with Gasteiger partial charge in [0.15, 0.2) is 5.82 Å². The highest BCUT2D eigenvalue weighted by molar-refractivity contribution is 6.06. The second-order valence-corrected chi connectivity index (χ2v) is 13.1. The molecule has 0 fully saturated rings. The molecule has 0 radical (unpaired) electrons. The molecule has 4 heteroatoms. The van der Waals surface area contributed by atoms with Crippen LogP contribution >= 0.6 is 0 Å². The average Bonchev–Trinajstić information content (AvgIpc) is 3.23. The van der Waals surface area contributed by atoms with Crippen molar-refractivity contribution in [2.24, 2.45) is 0 Å². The Hall–Kier alpha value is -7.04. The quantitative estimate of drug-likeness (QED) is 0.172. The SMILES string of the molecule is c1ccc(-c2ccc3ccc4ccc(-c5cc(-c6ccc7c(-c8ccccc8)nc(-c8ccccc8)nc7c6)c6ccccc6c5)nc4c3n2)cc1. The van der Waals surface area contributed by atoms with Crippen molar-refractivity contribution in [3.63, 3.8) is 0 Å². The summed E-state index contributed by atoms with van der Waals surface area (Å²) < 4.78 is 0. The van der Waals surface area contributed by atoms with Crippen LogP contribution in [0.1, 0.15) is 0 Å². The molecule has 0 aliphatic rings. The minimum absolute atomic E-state index is 0.708. The summed E-state index contributed by atoms with van der Waals surface area (Å²) in [6.45, 7) is 0. The molecule has 4 nitrogen and oxygen atoms in total. The van der Waals surface area contributed by atoms with Gasteiger partial charge in [0.1, 0.15) is 0 Å². The first kappa shape index (κ1) is 29.8. The average molecular weight is 663 g/mol. The molecule has 0 N–H and O–H groups in total. The van der Waals surface area contributed by atoms with E-state index in [0.717, 1.165) is 88.6 Å². The molecule has 52 heavy (non-hydrogen) atoms. The number of nitrogens with zero attached hydrogens (tertiary/aromatic N) is 4. The first-order valence-corrected chi connectivity index (χ1v) is 17.5. The van der Waals surface area contributed by atoms with Crippen LogP contribution in [-0.4, -0.2) is 19.9 Å². The molecular formula is C48H30N4. The lowest BCUT2D eigenvalue weighted by atomic mass is 9.93. The summed E-state index contributed by atoms with van der Waals surface area (Å²) >= 11 is 0. The van der Waals surface area contributed by atoms with E-state index in [9.17, 15) is 0 Å². The van der Waals surface area contributed by atoms with Crippen LogP contribution in [0.15, 0.2) is 182 Å². The molecule has 3 aromatic heterocycles. The molecule has 0 unspecified atom stereocenters. The number of rotatable bonds is 5. The topological polar surface area (TPSA) is 51.6 Å². The van der Waals surface area contributed by atoms with Gasteiger partial charge in [-0.3, -0.25) is 0 Å². The monoisotopic (exact) mass is 662 g/mol. The molecule has 242 valence electrons. The number of fused-ring (bicyclic) bond motifs is 5. The third-order valence-corrected chi connectivity index (χ3v) is 9.83. The van der Waals surface area contributed by atoms with Crippen LogP contribution in [0, 0.1) is 0 Å². The molecule has 10 rings (SSSR count). The Morgan fingerprint density at radius 1 is 0.308 bits per heavy atom. The highest BCUT2D eigenvalue weighted by Gasteiger charge is 2.16. The predicted molar refractivity (Wildman–Crippen MR) is 215 cm³/mol. The van der Waals surface area contributed by atoms with Crippen LogP contribution < -0.4 is 0 Å². The van der Waals surface area contributed by atoms with Crippen molar-refractivity contribution in [1.82, 2.24) is 19.9 Å². The largest absolute Gasteiger partial charge is 0.245 e. The normalized spacial score (nSPS) is 11.5. The van der Waals surface area contributed by atoms with E-state index < -0.39 is 0 Å². The zero-order valence-corrected chi connectivity index (χ0v) is 28.1. The van der Waals surface area contributed by atoms with E-state index in [4.69, 9.17) is 19.9 Å². The van der Waals surface area contributed by atoms with Gasteiger partial charge < -0.3 is 0 Å². The van der Waals surface area contributed by atoms with Crippen molar-refractivity contribution >= 4 is 43.5 Å². The molecule has 3 heterocycles. The predicted octanol–water partition coefficient (Wildman–Crippen LogP) is 12.2. The van der Waals surface area contributed by atoms with Gasteiger partial charge in [0, 0.05) is 38.4 Å². The maximum absolute atomic E-state index is 5.31. The van der Waals surface area contributed by atoms with E-state index in [1.807, 2.05) is 42.5 Å². The first-order valence-electron chi connectivity index (χ1n) is 17.5. The molecular weight excluding hydrogens is 633 g/mol. The summed E-state index contributed by atoms with van der Waals surface area (Å²) in [6, 6.07) is 63.3. The Balaban J connectivity index is 1.16. The summed E-state index contributed by atoms with van der Waals surface area (Å²) in [5.41, 5.74) is 11.9. The van der Waals surface area contributed by atoms with Gasteiger partial charge in [-0.1, -0.05) is 146 Å². The zero-order chi connectivity index (χ0) is 34.4. The van der Waals surface area contributed by atoms with Crippen LogP contribution in [0.2, 0.25) is 0 Å². The zero-order valence-electron chi connectivity index (χ0n) is 28.1. The molecule has 0 aliphatic carbocycles. The molecule has 0 bridgehead atoms. The Bertz CT molecular complexity index is 2940. The van der Waals surface area contributed by atoms with Crippen molar-refractivity contribution in [3.05, 3.63) is 182 Å². The number of aromatic nitrogens is 4. The second-order valence-electron chi connectivity index (χ2n) is 13.1. The molecule has 0 amide bonds. The number of hydrogen-bond acceptors (Lipinski definition) is 4. The lowest BCUT2D eigenvalue weighted by molar-refractivity contribution is 1.23. The van der Waals surface area contributed by atoms with E-state index in [-0.39, 0.29) is 0 Å². The van der Waals surface area contributed by atoms with E-state index in [1.54, 1.807) is 0 Å². The Morgan fingerprint density at radius 3 is 1.58 bits per heavy atom. The summed E-state index contributed by atoms with van der Waals surface area (Å²) in [4.78, 5) is 20.7. The molecule has 0 saturated carbocycles. The van der Waals surface area contributed by atoms with E-state index in [1.165, 1.54) is 5.39 Å². The van der Waals surface area contributed by atoms with Gasteiger partial charge in [-0.25, -0.2) is 19.9 Å². The van der Waals surface area contributed by atoms with Gasteiger partial charge in [0.25, 0.3) is 0 Å². The van der Waals surface area contributed by atoms with Crippen LogP contribution in [0.4, 0.5) is 0 Å². The minimum atomic E-state index is 0.708. The molecule has 0 atom stereocenters. The van der Waals surface area contributed by atoms with Gasteiger partial charge in [-0.2, -0.15) is 0 Å². The number of hydrogen-bond donors (Lipinski definition) is 0. The molecule has 0 aliphatic heterocycles. The fourth-order valence-electron chi connectivity index (χ4n) is 7.23. The van der Waals surface area contributed by atoms with Gasteiger partial charge in [0.2, 0.25) is 0 Å². The van der Waals surface area contributed by atoms with Crippen molar-refractivity contribution < 1.29 is 0 Å². The van der Waals surface area contributed by atoms with Gasteiger partial charge in [-0.05, 0) is 58.3 Å². The van der Waals surface area contributed by atoms with Gasteiger partial charge >= 0.3 is 0 Å². The van der Waals surface area contributed by atoms with Crippen molar-refractivity contribution in [3.8, 4) is 56.3 Å². The summed E-state index contributed by atoms with van der Waals surface area (Å²) in [5.74, 6) is 0.708. The lowest BCUT2D eigenvalue weighted by Crippen LogP contribution is -1.96. The van der Waals surface area contributed by atoms with Crippen LogP contribution in [0.3, 0.4) is 0 Å². The van der Waals surface area contributed by atoms with E-state index >= 15 is 0 Å². The smallest absolute Gasteiger partial charge is 0.160 e. The van der Waals surface area contributed by atoms with Crippen LogP contribution in [0.5, 0.6) is 0 Å². The van der Waals surface area contributed by atoms with Gasteiger partial charge in [-0.15, -0.1) is 0 Å². The Morgan fingerprint density at radius 2 is 0.885 bits per heavy atom. The van der Waals surface area contributed by atoms with Crippen LogP contribution in [0.25, 0.3) is 99.8 Å². The van der Waals surface area contributed by atoms with E-state index in [0.29, 0.717) is 5.82 Å². The molecule has 0 spiro atoms. The Kier molecular flexibility index (Phi) is 7.10. The summed E-state index contributed by atoms with van der Waals surface area (Å²) in [7, 11) is 0. The maximum atomic E-state index is 5.31. The van der Waals surface area contributed by atoms with Crippen molar-refractivity contribution in [1.29, 1.82) is 0 Å². The number of pyridine rings is 2.